The van der Waals surface area contributed by atoms with Crippen molar-refractivity contribution in [1.82, 2.24) is 0 Å². The van der Waals surface area contributed by atoms with Crippen LogP contribution in [0.2, 0.25) is 0 Å². The van der Waals surface area contributed by atoms with Crippen LogP contribution < -0.4 is 19.5 Å². The van der Waals surface area contributed by atoms with E-state index in [0.29, 0.717) is 17.2 Å². The fourth-order valence-electron chi connectivity index (χ4n) is 1.90. The van der Waals surface area contributed by atoms with E-state index in [4.69, 9.17) is 14.2 Å². The number of nitrogens with one attached hydrogen (secondary N) is 1. The van der Waals surface area contributed by atoms with Crippen LogP contribution in [0.15, 0.2) is 42.5 Å². The molecule has 1 atom stereocenters. The third-order valence-corrected chi connectivity index (χ3v) is 3.14. The van der Waals surface area contributed by atoms with Gasteiger partial charge in [-0.3, -0.25) is 4.79 Å². The Bertz CT molecular complexity index is 668. The maximum atomic E-state index is 13.5. The lowest BCUT2D eigenvalue weighted by atomic mass is 10.2. The first-order chi connectivity index (χ1) is 11.0. The molecule has 2 rings (SSSR count). The number of anilines is 1. The van der Waals surface area contributed by atoms with Gasteiger partial charge in [-0.1, -0.05) is 12.1 Å². The standard InChI is InChI=1S/C17H18FNO4/c1-11(17(20)19-16-7-5-4-6-15(16)18)23-14-9-12(21-2)8-13(10-14)22-3/h4-11H,1-3H3,(H,19,20)/t11-/m1/s1. The third kappa shape index (κ3) is 4.35. The highest BCUT2D eigenvalue weighted by Crippen LogP contribution is 2.28. The average Bonchev–Trinajstić information content (AvgIpc) is 2.56. The van der Waals surface area contributed by atoms with Gasteiger partial charge in [-0.2, -0.15) is 0 Å². The van der Waals surface area contributed by atoms with Gasteiger partial charge in [-0.25, -0.2) is 4.39 Å². The second-order valence-electron chi connectivity index (χ2n) is 4.78. The summed E-state index contributed by atoms with van der Waals surface area (Å²) in [6, 6.07) is 10.9. The molecule has 1 amide bonds. The predicted octanol–water partition coefficient (Wildman–Crippen LogP) is 3.25. The molecule has 0 aliphatic rings. The number of halogens is 1. The summed E-state index contributed by atoms with van der Waals surface area (Å²) < 4.78 is 29.4. The predicted molar refractivity (Wildman–Crippen MR) is 84.7 cm³/mol. The zero-order chi connectivity index (χ0) is 16.8. The molecule has 0 fully saturated rings. The van der Waals surface area contributed by atoms with Gasteiger partial charge in [0.1, 0.15) is 23.1 Å². The molecule has 6 heteroatoms. The highest BCUT2D eigenvalue weighted by Gasteiger charge is 2.17. The second-order valence-corrected chi connectivity index (χ2v) is 4.78. The SMILES string of the molecule is COc1cc(OC)cc(O[C@H](C)C(=O)Nc2ccccc2F)c1. The topological polar surface area (TPSA) is 56.8 Å². The van der Waals surface area contributed by atoms with Gasteiger partial charge < -0.3 is 19.5 Å². The van der Waals surface area contributed by atoms with Crippen LogP contribution in [0, 0.1) is 5.82 Å². The first-order valence-electron chi connectivity index (χ1n) is 6.98. The molecular formula is C17H18FNO4. The number of para-hydroxylation sites is 1. The maximum Gasteiger partial charge on any atom is 0.265 e. The molecule has 0 bridgehead atoms. The Morgan fingerprint density at radius 1 is 1.04 bits per heavy atom. The minimum absolute atomic E-state index is 0.108. The molecule has 0 saturated heterocycles. The number of hydrogen-bond acceptors (Lipinski definition) is 4. The fraction of sp³-hybridized carbons (Fsp3) is 0.235. The molecule has 0 radical (unpaired) electrons. The Labute approximate surface area is 134 Å². The highest BCUT2D eigenvalue weighted by molar-refractivity contribution is 5.94. The van der Waals surface area contributed by atoms with Crippen LogP contribution >= 0.6 is 0 Å². The van der Waals surface area contributed by atoms with Crippen LogP contribution in [0.5, 0.6) is 17.2 Å². The van der Waals surface area contributed by atoms with Gasteiger partial charge in [0.05, 0.1) is 19.9 Å². The van der Waals surface area contributed by atoms with Gasteiger partial charge in [0.25, 0.3) is 5.91 Å². The lowest BCUT2D eigenvalue weighted by Gasteiger charge is -2.16. The van der Waals surface area contributed by atoms with Crippen LogP contribution in [0.25, 0.3) is 0 Å². The van der Waals surface area contributed by atoms with Crippen molar-refractivity contribution in [2.24, 2.45) is 0 Å². The van der Waals surface area contributed by atoms with Gasteiger partial charge in [0.2, 0.25) is 0 Å². The number of carbonyl (C=O) groups excluding carboxylic acids is 1. The Balaban J connectivity index is 2.08. The number of rotatable bonds is 6. The van der Waals surface area contributed by atoms with Gasteiger partial charge in [-0.05, 0) is 19.1 Å². The van der Waals surface area contributed by atoms with E-state index < -0.39 is 17.8 Å². The van der Waals surface area contributed by atoms with E-state index >= 15 is 0 Å². The van der Waals surface area contributed by atoms with Crippen molar-refractivity contribution in [3.8, 4) is 17.2 Å². The summed E-state index contributed by atoms with van der Waals surface area (Å²) in [5, 5.41) is 2.49. The lowest BCUT2D eigenvalue weighted by Crippen LogP contribution is -2.30. The van der Waals surface area contributed by atoms with Crippen LogP contribution in [-0.4, -0.2) is 26.2 Å². The van der Waals surface area contributed by atoms with Crippen molar-refractivity contribution in [1.29, 1.82) is 0 Å². The van der Waals surface area contributed by atoms with E-state index in [1.807, 2.05) is 0 Å². The Kier molecular flexibility index (Phi) is 5.41. The largest absolute Gasteiger partial charge is 0.496 e. The van der Waals surface area contributed by atoms with Gasteiger partial charge >= 0.3 is 0 Å². The number of ether oxygens (including phenoxy) is 3. The summed E-state index contributed by atoms with van der Waals surface area (Å²) in [6.07, 6.45) is -0.827. The van der Waals surface area contributed by atoms with Crippen LogP contribution in [0.4, 0.5) is 10.1 Å². The lowest BCUT2D eigenvalue weighted by molar-refractivity contribution is -0.122. The highest BCUT2D eigenvalue weighted by atomic mass is 19.1. The van der Waals surface area contributed by atoms with Gasteiger partial charge in [-0.15, -0.1) is 0 Å². The summed E-state index contributed by atoms with van der Waals surface area (Å²) in [4.78, 5) is 12.1. The first kappa shape index (κ1) is 16.6. The molecule has 0 aliphatic heterocycles. The van der Waals surface area contributed by atoms with Crippen LogP contribution in [0.1, 0.15) is 6.92 Å². The molecular weight excluding hydrogens is 301 g/mol. The van der Waals surface area contributed by atoms with Crippen LogP contribution in [0.3, 0.4) is 0 Å². The van der Waals surface area contributed by atoms with E-state index in [2.05, 4.69) is 5.32 Å². The Morgan fingerprint density at radius 3 is 2.17 bits per heavy atom. The summed E-state index contributed by atoms with van der Waals surface area (Å²) in [7, 11) is 3.04. The van der Waals surface area contributed by atoms with E-state index in [9.17, 15) is 9.18 Å². The minimum Gasteiger partial charge on any atom is -0.496 e. The number of amides is 1. The molecule has 0 spiro atoms. The van der Waals surface area contributed by atoms with Gasteiger partial charge in [0.15, 0.2) is 6.10 Å². The van der Waals surface area contributed by atoms with Crippen molar-refractivity contribution < 1.29 is 23.4 Å². The molecule has 0 unspecified atom stereocenters. The number of methoxy groups -OCH3 is 2. The Hall–Kier alpha value is -2.76. The van der Waals surface area contributed by atoms with Crippen LogP contribution in [-0.2, 0) is 4.79 Å². The van der Waals surface area contributed by atoms with Crippen molar-refractivity contribution in [2.75, 3.05) is 19.5 Å². The van der Waals surface area contributed by atoms with E-state index in [-0.39, 0.29) is 5.69 Å². The maximum absolute atomic E-state index is 13.5. The summed E-state index contributed by atoms with van der Waals surface area (Å²) in [5.41, 5.74) is 0.108. The molecule has 0 heterocycles. The molecule has 1 N–H and O–H groups in total. The average molecular weight is 319 g/mol. The number of hydrogen-bond donors (Lipinski definition) is 1. The smallest absolute Gasteiger partial charge is 0.265 e. The number of carbonyl (C=O) groups is 1. The molecule has 5 nitrogen and oxygen atoms in total. The molecule has 122 valence electrons. The fourth-order valence-corrected chi connectivity index (χ4v) is 1.90. The molecule has 2 aromatic carbocycles. The summed E-state index contributed by atoms with van der Waals surface area (Å²) >= 11 is 0. The molecule has 23 heavy (non-hydrogen) atoms. The summed E-state index contributed by atoms with van der Waals surface area (Å²) in [6.45, 7) is 1.57. The van der Waals surface area contributed by atoms with Gasteiger partial charge in [0, 0.05) is 18.2 Å². The third-order valence-electron chi connectivity index (χ3n) is 3.14. The summed E-state index contributed by atoms with van der Waals surface area (Å²) in [5.74, 6) is 0.535. The van der Waals surface area contributed by atoms with E-state index in [0.717, 1.165) is 0 Å². The monoisotopic (exact) mass is 319 g/mol. The zero-order valence-corrected chi connectivity index (χ0v) is 13.1. The normalized spacial score (nSPS) is 11.5. The molecule has 2 aromatic rings. The molecule has 0 aromatic heterocycles. The quantitative estimate of drug-likeness (QED) is 0.888. The van der Waals surface area contributed by atoms with Crippen molar-refractivity contribution in [2.45, 2.75) is 13.0 Å². The van der Waals surface area contributed by atoms with E-state index in [1.165, 1.54) is 26.4 Å². The molecule has 0 saturated carbocycles. The Morgan fingerprint density at radius 2 is 1.61 bits per heavy atom. The van der Waals surface area contributed by atoms with Crippen molar-refractivity contribution >= 4 is 11.6 Å². The number of benzene rings is 2. The van der Waals surface area contributed by atoms with Crippen molar-refractivity contribution in [3.05, 3.63) is 48.3 Å². The first-order valence-corrected chi connectivity index (χ1v) is 6.98. The molecule has 0 aliphatic carbocycles. The van der Waals surface area contributed by atoms with Crippen molar-refractivity contribution in [3.63, 3.8) is 0 Å². The zero-order valence-electron chi connectivity index (χ0n) is 13.1. The minimum atomic E-state index is -0.827. The van der Waals surface area contributed by atoms with E-state index in [1.54, 1.807) is 37.3 Å². The second kappa shape index (κ2) is 7.49.